The number of hydrogen-bond acceptors (Lipinski definition) is 6. The highest BCUT2D eigenvalue weighted by Gasteiger charge is 2.31. The van der Waals surface area contributed by atoms with Gasteiger partial charge in [0.25, 0.3) is 11.8 Å². The second kappa shape index (κ2) is 9.79. The monoisotopic (exact) mass is 514 g/mol. The molecule has 1 aliphatic heterocycles. The highest BCUT2D eigenvalue weighted by Crippen LogP contribution is 2.34. The standard InChI is InChI=1S/C28H22N2O6S/c1-35-20-10-12-21(13-11-20)36-22-6-4-5-18(15-22)17-29-27(31)19-9-14-26-24(16-19)30-28(32)23-7-2-3-8-25(23)37(26,33)34/h2-16H,17H2,1H3,(H,29,31)(H,30,32). The summed E-state index contributed by atoms with van der Waals surface area (Å²) in [6, 6.07) is 24.6. The van der Waals surface area contributed by atoms with Gasteiger partial charge in [-0.25, -0.2) is 8.42 Å². The lowest BCUT2D eigenvalue weighted by molar-refractivity contribution is 0.0949. The Labute approximate surface area is 213 Å². The predicted molar refractivity (Wildman–Crippen MR) is 137 cm³/mol. The van der Waals surface area contributed by atoms with Crippen LogP contribution >= 0.6 is 0 Å². The average Bonchev–Trinajstić information content (AvgIpc) is 3.00. The van der Waals surface area contributed by atoms with Crippen LogP contribution in [-0.2, 0) is 16.4 Å². The normalized spacial score (nSPS) is 13.4. The van der Waals surface area contributed by atoms with Crippen LogP contribution in [0.3, 0.4) is 0 Å². The third kappa shape index (κ3) is 4.89. The molecule has 5 rings (SSSR count). The molecule has 4 aromatic carbocycles. The van der Waals surface area contributed by atoms with Crippen molar-refractivity contribution in [1.29, 1.82) is 0 Å². The summed E-state index contributed by atoms with van der Waals surface area (Å²) in [7, 11) is -2.35. The summed E-state index contributed by atoms with van der Waals surface area (Å²) >= 11 is 0. The molecule has 0 fully saturated rings. The van der Waals surface area contributed by atoms with E-state index in [2.05, 4.69) is 10.6 Å². The van der Waals surface area contributed by atoms with Gasteiger partial charge in [-0.3, -0.25) is 9.59 Å². The Hall–Kier alpha value is -4.63. The van der Waals surface area contributed by atoms with E-state index in [9.17, 15) is 18.0 Å². The Balaban J connectivity index is 1.31. The van der Waals surface area contributed by atoms with Gasteiger partial charge in [-0.15, -0.1) is 0 Å². The Morgan fingerprint density at radius 3 is 2.38 bits per heavy atom. The van der Waals surface area contributed by atoms with Gasteiger partial charge in [0.1, 0.15) is 17.2 Å². The molecule has 1 heterocycles. The Morgan fingerprint density at radius 2 is 1.59 bits per heavy atom. The minimum absolute atomic E-state index is 0.0569. The van der Waals surface area contributed by atoms with Gasteiger partial charge in [-0.1, -0.05) is 24.3 Å². The van der Waals surface area contributed by atoms with Crippen molar-refractivity contribution in [2.45, 2.75) is 16.3 Å². The van der Waals surface area contributed by atoms with E-state index in [-0.39, 0.29) is 33.2 Å². The number of amides is 2. The summed E-state index contributed by atoms with van der Waals surface area (Å²) in [5, 5.41) is 5.44. The van der Waals surface area contributed by atoms with Crippen LogP contribution in [0.25, 0.3) is 0 Å². The molecule has 0 saturated heterocycles. The molecule has 0 radical (unpaired) electrons. The summed E-state index contributed by atoms with van der Waals surface area (Å²) in [6.45, 7) is 0.214. The van der Waals surface area contributed by atoms with Crippen molar-refractivity contribution in [1.82, 2.24) is 5.32 Å². The maximum Gasteiger partial charge on any atom is 0.257 e. The largest absolute Gasteiger partial charge is 0.497 e. The molecule has 4 aromatic rings. The van der Waals surface area contributed by atoms with Crippen molar-refractivity contribution < 1.29 is 27.5 Å². The zero-order valence-electron chi connectivity index (χ0n) is 19.7. The van der Waals surface area contributed by atoms with Crippen LogP contribution < -0.4 is 20.1 Å². The van der Waals surface area contributed by atoms with Crippen LogP contribution in [0, 0.1) is 0 Å². The fourth-order valence-corrected chi connectivity index (χ4v) is 5.57. The molecule has 1 aliphatic rings. The number of fused-ring (bicyclic) bond motifs is 2. The van der Waals surface area contributed by atoms with Crippen molar-refractivity contribution in [2.75, 3.05) is 12.4 Å². The number of carbonyl (C=O) groups is 2. The molecule has 186 valence electrons. The third-order valence-electron chi connectivity index (χ3n) is 5.85. The van der Waals surface area contributed by atoms with Gasteiger partial charge in [0.2, 0.25) is 9.84 Å². The van der Waals surface area contributed by atoms with Crippen molar-refractivity contribution in [2.24, 2.45) is 0 Å². The molecule has 0 spiro atoms. The Morgan fingerprint density at radius 1 is 0.838 bits per heavy atom. The van der Waals surface area contributed by atoms with E-state index in [1.54, 1.807) is 43.5 Å². The first kappa shape index (κ1) is 24.1. The van der Waals surface area contributed by atoms with E-state index in [1.165, 1.54) is 30.3 Å². The number of carbonyl (C=O) groups excluding carboxylic acids is 2. The molecule has 0 aromatic heterocycles. The van der Waals surface area contributed by atoms with E-state index >= 15 is 0 Å². The SMILES string of the molecule is COc1ccc(Oc2cccc(CNC(=O)c3ccc4c(c3)NC(=O)c3ccccc3S4(=O)=O)c2)cc1. The van der Waals surface area contributed by atoms with Crippen molar-refractivity contribution in [3.8, 4) is 17.2 Å². The summed E-state index contributed by atoms with van der Waals surface area (Å²) in [6.07, 6.45) is 0. The zero-order chi connectivity index (χ0) is 26.0. The van der Waals surface area contributed by atoms with E-state index < -0.39 is 21.7 Å². The van der Waals surface area contributed by atoms with Crippen LogP contribution in [0.4, 0.5) is 5.69 Å². The highest BCUT2D eigenvalue weighted by atomic mass is 32.2. The van der Waals surface area contributed by atoms with E-state index in [0.717, 1.165) is 11.3 Å². The second-order valence-electron chi connectivity index (χ2n) is 8.27. The van der Waals surface area contributed by atoms with E-state index in [1.807, 2.05) is 24.3 Å². The van der Waals surface area contributed by atoms with Gasteiger partial charge in [-0.05, 0) is 72.3 Å². The Kier molecular flexibility index (Phi) is 6.37. The number of sulfone groups is 1. The summed E-state index contributed by atoms with van der Waals surface area (Å²) < 4.78 is 37.3. The minimum atomic E-state index is -3.94. The number of rotatable bonds is 6. The molecule has 0 saturated carbocycles. The molecule has 37 heavy (non-hydrogen) atoms. The van der Waals surface area contributed by atoms with Gasteiger partial charge in [0.15, 0.2) is 0 Å². The topological polar surface area (TPSA) is 111 Å². The van der Waals surface area contributed by atoms with Crippen LogP contribution in [0.1, 0.15) is 26.3 Å². The van der Waals surface area contributed by atoms with E-state index in [0.29, 0.717) is 11.5 Å². The van der Waals surface area contributed by atoms with Crippen molar-refractivity contribution >= 4 is 27.3 Å². The quantitative estimate of drug-likeness (QED) is 0.382. The van der Waals surface area contributed by atoms with Crippen molar-refractivity contribution in [3.63, 3.8) is 0 Å². The van der Waals surface area contributed by atoms with E-state index in [4.69, 9.17) is 9.47 Å². The Bertz CT molecular complexity index is 1610. The molecule has 0 aliphatic carbocycles. The molecule has 0 atom stereocenters. The van der Waals surface area contributed by atoms with Gasteiger partial charge < -0.3 is 20.1 Å². The third-order valence-corrected chi connectivity index (χ3v) is 7.72. The lowest BCUT2D eigenvalue weighted by Gasteiger charge is -2.11. The summed E-state index contributed by atoms with van der Waals surface area (Å²) in [4.78, 5) is 25.4. The molecular weight excluding hydrogens is 492 g/mol. The molecule has 2 amide bonds. The molecule has 9 heteroatoms. The molecule has 2 N–H and O–H groups in total. The first-order valence-corrected chi connectivity index (χ1v) is 12.8. The number of methoxy groups -OCH3 is 1. The zero-order valence-corrected chi connectivity index (χ0v) is 20.5. The van der Waals surface area contributed by atoms with Crippen LogP contribution in [0.15, 0.2) is 101 Å². The first-order chi connectivity index (χ1) is 17.8. The second-order valence-corrected chi connectivity index (χ2v) is 10.2. The summed E-state index contributed by atoms with van der Waals surface area (Å²) in [5.41, 5.74) is 1.14. The van der Waals surface area contributed by atoms with Gasteiger partial charge >= 0.3 is 0 Å². The smallest absolute Gasteiger partial charge is 0.257 e. The maximum atomic E-state index is 13.1. The van der Waals surface area contributed by atoms with Crippen molar-refractivity contribution in [3.05, 3.63) is 108 Å². The minimum Gasteiger partial charge on any atom is -0.497 e. The number of hydrogen-bond donors (Lipinski definition) is 2. The average molecular weight is 515 g/mol. The highest BCUT2D eigenvalue weighted by molar-refractivity contribution is 7.91. The van der Waals surface area contributed by atoms with Gasteiger partial charge in [-0.2, -0.15) is 0 Å². The molecule has 0 bridgehead atoms. The lowest BCUT2D eigenvalue weighted by atomic mass is 10.1. The fourth-order valence-electron chi connectivity index (χ4n) is 3.98. The molecule has 0 unspecified atom stereocenters. The molecular formula is C28H22N2O6S. The predicted octanol–water partition coefficient (Wildman–Crippen LogP) is 4.82. The maximum absolute atomic E-state index is 13.1. The number of ether oxygens (including phenoxy) is 2. The molecule has 8 nitrogen and oxygen atoms in total. The van der Waals surface area contributed by atoms with Gasteiger partial charge in [0.05, 0.1) is 28.2 Å². The van der Waals surface area contributed by atoms with Gasteiger partial charge in [0, 0.05) is 12.1 Å². The van der Waals surface area contributed by atoms with Crippen LogP contribution in [-0.4, -0.2) is 27.3 Å². The fraction of sp³-hybridized carbons (Fsp3) is 0.0714. The first-order valence-electron chi connectivity index (χ1n) is 11.3. The summed E-state index contributed by atoms with van der Waals surface area (Å²) in [5.74, 6) is 1.01. The van der Waals surface area contributed by atoms with Crippen LogP contribution in [0.2, 0.25) is 0 Å². The lowest BCUT2D eigenvalue weighted by Crippen LogP contribution is -2.23. The number of benzene rings is 4. The van der Waals surface area contributed by atoms with Crippen LogP contribution in [0.5, 0.6) is 17.2 Å². The number of nitrogens with one attached hydrogen (secondary N) is 2. The number of anilines is 1.